The Balaban J connectivity index is 2.39. The molecule has 1 atom stereocenters. The molecule has 1 rings (SSSR count). The molecule has 0 N–H and O–H groups in total. The molecule has 0 bridgehead atoms. The third-order valence-corrected chi connectivity index (χ3v) is 3.90. The number of unbranched alkanes of at least 4 members (excludes halogenated alkanes) is 4. The van der Waals surface area contributed by atoms with Gasteiger partial charge in [-0.3, -0.25) is 0 Å². The van der Waals surface area contributed by atoms with E-state index in [1.165, 1.54) is 38.5 Å². The monoisotopic (exact) mass is 283 g/mol. The summed E-state index contributed by atoms with van der Waals surface area (Å²) in [5.74, 6) is 0. The van der Waals surface area contributed by atoms with Gasteiger partial charge in [-0.05, 0) is 46.5 Å². The van der Waals surface area contributed by atoms with Crippen molar-refractivity contribution >= 4 is 6.09 Å². The number of nitrogens with zero attached hydrogens (tertiary/aromatic N) is 1. The van der Waals surface area contributed by atoms with E-state index in [1.54, 1.807) is 0 Å². The number of amides is 1. The minimum absolute atomic E-state index is 0.115. The highest BCUT2D eigenvalue weighted by Crippen LogP contribution is 2.24. The summed E-state index contributed by atoms with van der Waals surface area (Å²) >= 11 is 0. The second kappa shape index (κ2) is 8.53. The Hall–Kier alpha value is -0.730. The van der Waals surface area contributed by atoms with Gasteiger partial charge in [0.2, 0.25) is 0 Å². The first kappa shape index (κ1) is 17.3. The Labute approximate surface area is 125 Å². The third-order valence-electron chi connectivity index (χ3n) is 3.90. The molecule has 3 nitrogen and oxygen atoms in total. The zero-order valence-corrected chi connectivity index (χ0v) is 13.9. The van der Waals surface area contributed by atoms with E-state index >= 15 is 0 Å². The van der Waals surface area contributed by atoms with Gasteiger partial charge in [-0.1, -0.05) is 39.0 Å². The minimum atomic E-state index is -0.389. The van der Waals surface area contributed by atoms with Crippen LogP contribution in [0.3, 0.4) is 0 Å². The highest BCUT2D eigenvalue weighted by atomic mass is 16.6. The molecule has 1 saturated heterocycles. The Morgan fingerprint density at radius 2 is 1.85 bits per heavy atom. The molecular formula is C17H33NO2. The molecule has 3 heteroatoms. The fourth-order valence-electron chi connectivity index (χ4n) is 2.85. The first-order valence-electron chi connectivity index (χ1n) is 8.43. The molecule has 0 spiro atoms. The Morgan fingerprint density at radius 3 is 2.50 bits per heavy atom. The smallest absolute Gasteiger partial charge is 0.410 e. The maximum absolute atomic E-state index is 12.3. The van der Waals surface area contributed by atoms with E-state index < -0.39 is 0 Å². The first-order chi connectivity index (χ1) is 9.44. The fourth-order valence-corrected chi connectivity index (χ4v) is 2.85. The van der Waals surface area contributed by atoms with E-state index in [2.05, 4.69) is 6.92 Å². The van der Waals surface area contributed by atoms with Crippen LogP contribution in [0.1, 0.15) is 85.5 Å². The van der Waals surface area contributed by atoms with Crippen molar-refractivity contribution in [2.24, 2.45) is 0 Å². The molecule has 0 saturated carbocycles. The Kier molecular flexibility index (Phi) is 7.39. The van der Waals surface area contributed by atoms with Gasteiger partial charge in [-0.25, -0.2) is 4.79 Å². The quantitative estimate of drug-likeness (QED) is 0.632. The van der Waals surface area contributed by atoms with E-state index in [1.807, 2.05) is 25.7 Å². The molecule has 1 heterocycles. The van der Waals surface area contributed by atoms with Gasteiger partial charge in [0.25, 0.3) is 0 Å². The lowest BCUT2D eigenvalue weighted by Crippen LogP contribution is -2.46. The summed E-state index contributed by atoms with van der Waals surface area (Å²) < 4.78 is 5.54. The van der Waals surface area contributed by atoms with Gasteiger partial charge in [0, 0.05) is 12.6 Å². The predicted molar refractivity (Wildman–Crippen MR) is 84.0 cm³/mol. The first-order valence-corrected chi connectivity index (χ1v) is 8.43. The molecule has 0 radical (unpaired) electrons. The van der Waals surface area contributed by atoms with E-state index in [0.717, 1.165) is 25.8 Å². The van der Waals surface area contributed by atoms with Gasteiger partial charge in [0.1, 0.15) is 5.60 Å². The standard InChI is InChI=1S/C17H33NO2/c1-5-6-7-8-9-12-15-13-10-11-14-18(15)16(19)20-17(2,3)4/h15H,5-14H2,1-4H3. The molecule has 1 fully saturated rings. The molecule has 1 aliphatic heterocycles. The van der Waals surface area contributed by atoms with Crippen molar-refractivity contribution < 1.29 is 9.53 Å². The summed E-state index contributed by atoms with van der Waals surface area (Å²) in [6, 6.07) is 0.403. The summed E-state index contributed by atoms with van der Waals surface area (Å²) in [5.41, 5.74) is -0.389. The third kappa shape index (κ3) is 6.62. The maximum atomic E-state index is 12.3. The van der Waals surface area contributed by atoms with Crippen LogP contribution in [0, 0.1) is 0 Å². The summed E-state index contributed by atoms with van der Waals surface area (Å²) in [7, 11) is 0. The van der Waals surface area contributed by atoms with Crippen LogP contribution in [0.25, 0.3) is 0 Å². The molecule has 1 unspecified atom stereocenters. The number of likely N-dealkylation sites (tertiary alicyclic amines) is 1. The number of rotatable bonds is 6. The predicted octanol–water partition coefficient (Wildman–Crippen LogP) is 5.14. The summed E-state index contributed by atoms with van der Waals surface area (Å²) in [6.07, 6.45) is 11.0. The zero-order chi connectivity index (χ0) is 15.0. The minimum Gasteiger partial charge on any atom is -0.444 e. The normalized spacial score (nSPS) is 20.0. The van der Waals surface area contributed by atoms with Crippen LogP contribution < -0.4 is 0 Å². The summed E-state index contributed by atoms with van der Waals surface area (Å²) in [6.45, 7) is 8.93. The van der Waals surface area contributed by atoms with Crippen LogP contribution in [-0.2, 0) is 4.74 Å². The van der Waals surface area contributed by atoms with Crippen LogP contribution in [0.15, 0.2) is 0 Å². The summed E-state index contributed by atoms with van der Waals surface area (Å²) in [4.78, 5) is 14.2. The average molecular weight is 283 g/mol. The second-order valence-electron chi connectivity index (χ2n) is 7.03. The van der Waals surface area contributed by atoms with E-state index in [-0.39, 0.29) is 11.7 Å². The lowest BCUT2D eigenvalue weighted by atomic mass is 9.97. The number of piperidine rings is 1. The van der Waals surface area contributed by atoms with Crippen molar-refractivity contribution in [3.63, 3.8) is 0 Å². The highest BCUT2D eigenvalue weighted by molar-refractivity contribution is 5.68. The van der Waals surface area contributed by atoms with Crippen molar-refractivity contribution in [2.45, 2.75) is 97.1 Å². The fraction of sp³-hybridized carbons (Fsp3) is 0.941. The molecule has 1 amide bonds. The van der Waals surface area contributed by atoms with Gasteiger partial charge < -0.3 is 9.64 Å². The van der Waals surface area contributed by atoms with Crippen LogP contribution in [0.2, 0.25) is 0 Å². The number of hydrogen-bond donors (Lipinski definition) is 0. The van der Waals surface area contributed by atoms with Gasteiger partial charge in [-0.15, -0.1) is 0 Å². The lowest BCUT2D eigenvalue weighted by molar-refractivity contribution is 0.00858. The van der Waals surface area contributed by atoms with Gasteiger partial charge in [0.05, 0.1) is 0 Å². The number of ether oxygens (including phenoxy) is 1. The Morgan fingerprint density at radius 1 is 1.15 bits per heavy atom. The van der Waals surface area contributed by atoms with Crippen molar-refractivity contribution in [2.75, 3.05) is 6.54 Å². The molecule has 0 aliphatic carbocycles. The molecule has 0 aromatic heterocycles. The van der Waals surface area contributed by atoms with E-state index in [9.17, 15) is 4.79 Å². The van der Waals surface area contributed by atoms with Gasteiger partial charge in [-0.2, -0.15) is 0 Å². The lowest BCUT2D eigenvalue weighted by Gasteiger charge is -2.36. The molecule has 0 aromatic rings. The summed E-state index contributed by atoms with van der Waals surface area (Å²) in [5, 5.41) is 0. The number of carbonyl (C=O) groups is 1. The van der Waals surface area contributed by atoms with Crippen molar-refractivity contribution in [1.29, 1.82) is 0 Å². The van der Waals surface area contributed by atoms with Crippen LogP contribution in [0.5, 0.6) is 0 Å². The maximum Gasteiger partial charge on any atom is 0.410 e. The molecule has 1 aliphatic rings. The average Bonchev–Trinajstić information content (AvgIpc) is 2.37. The molecular weight excluding hydrogens is 250 g/mol. The second-order valence-corrected chi connectivity index (χ2v) is 7.03. The van der Waals surface area contributed by atoms with E-state index in [4.69, 9.17) is 4.74 Å². The van der Waals surface area contributed by atoms with E-state index in [0.29, 0.717) is 6.04 Å². The molecule has 20 heavy (non-hydrogen) atoms. The van der Waals surface area contributed by atoms with Crippen LogP contribution >= 0.6 is 0 Å². The van der Waals surface area contributed by atoms with Crippen molar-refractivity contribution in [1.82, 2.24) is 4.90 Å². The zero-order valence-electron chi connectivity index (χ0n) is 13.9. The topological polar surface area (TPSA) is 29.5 Å². The largest absolute Gasteiger partial charge is 0.444 e. The van der Waals surface area contributed by atoms with Gasteiger partial charge in [0.15, 0.2) is 0 Å². The van der Waals surface area contributed by atoms with Crippen molar-refractivity contribution in [3.05, 3.63) is 0 Å². The number of hydrogen-bond acceptors (Lipinski definition) is 2. The van der Waals surface area contributed by atoms with Crippen molar-refractivity contribution in [3.8, 4) is 0 Å². The van der Waals surface area contributed by atoms with Gasteiger partial charge >= 0.3 is 6.09 Å². The SMILES string of the molecule is CCCCCCCC1CCCCN1C(=O)OC(C)(C)C. The van der Waals surface area contributed by atoms with Crippen LogP contribution in [0.4, 0.5) is 4.79 Å². The number of carbonyl (C=O) groups excluding carboxylic acids is 1. The van der Waals surface area contributed by atoms with Crippen LogP contribution in [-0.4, -0.2) is 29.2 Å². The molecule has 0 aromatic carbocycles. The highest BCUT2D eigenvalue weighted by Gasteiger charge is 2.29. The Bertz CT molecular complexity index is 283. The molecule has 118 valence electrons.